The van der Waals surface area contributed by atoms with Crippen LogP contribution in [0.2, 0.25) is 0 Å². The molecule has 2 aliphatic rings. The predicted molar refractivity (Wildman–Crippen MR) is 96.0 cm³/mol. The second kappa shape index (κ2) is 6.67. The summed E-state index contributed by atoms with van der Waals surface area (Å²) in [6.07, 6.45) is 0.884. The van der Waals surface area contributed by atoms with Gasteiger partial charge in [0.25, 0.3) is 0 Å². The van der Waals surface area contributed by atoms with E-state index >= 15 is 0 Å². The lowest BCUT2D eigenvalue weighted by atomic mass is 10.1. The molecule has 3 nitrogen and oxygen atoms in total. The molecule has 0 aliphatic carbocycles. The molecule has 0 bridgehead atoms. The average Bonchev–Trinajstić information content (AvgIpc) is 3.24. The van der Waals surface area contributed by atoms with Gasteiger partial charge in [0.2, 0.25) is 5.91 Å². The fourth-order valence-electron chi connectivity index (χ4n) is 3.27. The van der Waals surface area contributed by atoms with Gasteiger partial charge in [-0.2, -0.15) is 0 Å². The molecule has 2 aliphatic heterocycles. The van der Waals surface area contributed by atoms with Gasteiger partial charge in [0, 0.05) is 42.5 Å². The normalized spacial score (nSPS) is 21.4. The molecule has 120 valence electrons. The Morgan fingerprint density at radius 3 is 2.65 bits per heavy atom. The molecule has 0 radical (unpaired) electrons. The fraction of sp³-hybridized carbons (Fsp3) is 0.389. The molecule has 1 saturated heterocycles. The Balaban J connectivity index is 1.31. The van der Waals surface area contributed by atoms with Crippen LogP contribution in [-0.2, 0) is 17.8 Å². The molecule has 0 saturated carbocycles. The van der Waals surface area contributed by atoms with E-state index in [9.17, 15) is 4.79 Å². The predicted octanol–water partition coefficient (Wildman–Crippen LogP) is 3.11. The first-order valence-electron chi connectivity index (χ1n) is 8.08. The first kappa shape index (κ1) is 15.2. The number of rotatable bonds is 3. The average molecular weight is 345 g/mol. The van der Waals surface area contributed by atoms with Gasteiger partial charge in [0.1, 0.15) is 0 Å². The summed E-state index contributed by atoms with van der Waals surface area (Å²) in [5.41, 5.74) is 1.33. The number of thioether (sulfide) groups is 1. The monoisotopic (exact) mass is 344 g/mol. The molecular weight excluding hydrogens is 324 g/mol. The zero-order chi connectivity index (χ0) is 15.6. The Bertz CT molecular complexity index is 653. The highest BCUT2D eigenvalue weighted by Gasteiger charge is 2.32. The highest BCUT2D eigenvalue weighted by atomic mass is 32.2. The highest BCUT2D eigenvalue weighted by Crippen LogP contribution is 2.37. The minimum atomic E-state index is 0.0799. The van der Waals surface area contributed by atoms with E-state index in [0.717, 1.165) is 39.1 Å². The molecule has 0 unspecified atom stereocenters. The summed E-state index contributed by atoms with van der Waals surface area (Å²) in [6.45, 7) is 4.69. The van der Waals surface area contributed by atoms with Crippen LogP contribution in [0.1, 0.15) is 10.4 Å². The molecular formula is C18H20N2OS2. The van der Waals surface area contributed by atoms with Gasteiger partial charge in [0.15, 0.2) is 0 Å². The van der Waals surface area contributed by atoms with Crippen LogP contribution in [0.25, 0.3) is 0 Å². The lowest BCUT2D eigenvalue weighted by molar-refractivity contribution is -0.132. The van der Waals surface area contributed by atoms with Gasteiger partial charge in [-0.25, -0.2) is 0 Å². The van der Waals surface area contributed by atoms with Crippen LogP contribution in [0.3, 0.4) is 0 Å². The SMILES string of the molecule is O=C([C@H]1Cc2ccccc2S1)N1CCN(Cc2cccs2)CC1. The van der Waals surface area contributed by atoms with Crippen LogP contribution in [-0.4, -0.2) is 47.1 Å². The number of fused-ring (bicyclic) bond motifs is 1. The summed E-state index contributed by atoms with van der Waals surface area (Å²) in [6, 6.07) is 12.7. The Morgan fingerprint density at radius 2 is 1.91 bits per heavy atom. The maximum atomic E-state index is 12.8. The molecule has 4 rings (SSSR count). The van der Waals surface area contributed by atoms with Crippen LogP contribution in [0.5, 0.6) is 0 Å². The van der Waals surface area contributed by atoms with Crippen molar-refractivity contribution in [2.45, 2.75) is 23.1 Å². The molecule has 1 amide bonds. The van der Waals surface area contributed by atoms with Gasteiger partial charge >= 0.3 is 0 Å². The number of piperazine rings is 1. The van der Waals surface area contributed by atoms with Crippen molar-refractivity contribution in [2.75, 3.05) is 26.2 Å². The third-order valence-corrected chi connectivity index (χ3v) is 6.73. The van der Waals surface area contributed by atoms with Gasteiger partial charge < -0.3 is 4.90 Å². The van der Waals surface area contributed by atoms with E-state index in [1.807, 2.05) is 11.3 Å². The van der Waals surface area contributed by atoms with Crippen molar-refractivity contribution < 1.29 is 4.79 Å². The van der Waals surface area contributed by atoms with Crippen LogP contribution < -0.4 is 0 Å². The summed E-state index contributed by atoms with van der Waals surface area (Å²) >= 11 is 3.55. The van der Waals surface area contributed by atoms with Crippen molar-refractivity contribution in [3.63, 3.8) is 0 Å². The van der Waals surface area contributed by atoms with E-state index in [-0.39, 0.29) is 5.25 Å². The Morgan fingerprint density at radius 1 is 1.09 bits per heavy atom. The number of hydrogen-bond acceptors (Lipinski definition) is 4. The first-order valence-corrected chi connectivity index (χ1v) is 9.83. The summed E-state index contributed by atoms with van der Waals surface area (Å²) in [5.74, 6) is 0.321. The maximum absolute atomic E-state index is 12.8. The van der Waals surface area contributed by atoms with E-state index < -0.39 is 0 Å². The molecule has 1 aromatic carbocycles. The van der Waals surface area contributed by atoms with E-state index in [2.05, 4.69) is 51.6 Å². The van der Waals surface area contributed by atoms with Crippen molar-refractivity contribution in [1.82, 2.24) is 9.80 Å². The van der Waals surface area contributed by atoms with Crippen molar-refractivity contribution in [2.24, 2.45) is 0 Å². The van der Waals surface area contributed by atoms with E-state index in [1.165, 1.54) is 15.3 Å². The summed E-state index contributed by atoms with van der Waals surface area (Å²) < 4.78 is 0. The van der Waals surface area contributed by atoms with Gasteiger partial charge in [-0.1, -0.05) is 24.3 Å². The zero-order valence-electron chi connectivity index (χ0n) is 13.0. The number of carbonyl (C=O) groups excluding carboxylic acids is 1. The topological polar surface area (TPSA) is 23.6 Å². The second-order valence-corrected chi connectivity index (χ2v) is 8.38. The van der Waals surface area contributed by atoms with Crippen molar-refractivity contribution >= 4 is 29.0 Å². The largest absolute Gasteiger partial charge is 0.339 e. The summed E-state index contributed by atoms with van der Waals surface area (Å²) in [4.78, 5) is 20.0. The second-order valence-electron chi connectivity index (χ2n) is 6.10. The molecule has 3 heterocycles. The third kappa shape index (κ3) is 3.32. The van der Waals surface area contributed by atoms with Gasteiger partial charge in [-0.3, -0.25) is 9.69 Å². The maximum Gasteiger partial charge on any atom is 0.236 e. The molecule has 1 atom stereocenters. The van der Waals surface area contributed by atoms with E-state index in [0.29, 0.717) is 5.91 Å². The lowest BCUT2D eigenvalue weighted by Crippen LogP contribution is -2.50. The Labute approximate surface area is 145 Å². The van der Waals surface area contributed by atoms with Crippen molar-refractivity contribution in [3.05, 3.63) is 52.2 Å². The molecule has 0 N–H and O–H groups in total. The molecule has 2 aromatic rings. The highest BCUT2D eigenvalue weighted by molar-refractivity contribution is 8.01. The quantitative estimate of drug-likeness (QED) is 0.855. The lowest BCUT2D eigenvalue weighted by Gasteiger charge is -2.35. The Hall–Kier alpha value is -1.30. The number of hydrogen-bond donors (Lipinski definition) is 0. The summed E-state index contributed by atoms with van der Waals surface area (Å²) in [7, 11) is 0. The number of amides is 1. The summed E-state index contributed by atoms with van der Waals surface area (Å²) in [5, 5.41) is 2.21. The van der Waals surface area contributed by atoms with Crippen LogP contribution >= 0.6 is 23.1 Å². The molecule has 1 fully saturated rings. The van der Waals surface area contributed by atoms with E-state index in [4.69, 9.17) is 0 Å². The number of thiophene rings is 1. The Kier molecular flexibility index (Phi) is 4.42. The van der Waals surface area contributed by atoms with Crippen molar-refractivity contribution in [3.8, 4) is 0 Å². The minimum absolute atomic E-state index is 0.0799. The molecule has 5 heteroatoms. The van der Waals surface area contributed by atoms with Crippen LogP contribution in [0.15, 0.2) is 46.7 Å². The first-order chi connectivity index (χ1) is 11.3. The van der Waals surface area contributed by atoms with Crippen molar-refractivity contribution in [1.29, 1.82) is 0 Å². The molecule has 0 spiro atoms. The molecule has 1 aromatic heterocycles. The van der Waals surface area contributed by atoms with Gasteiger partial charge in [-0.15, -0.1) is 23.1 Å². The van der Waals surface area contributed by atoms with Crippen LogP contribution in [0, 0.1) is 0 Å². The zero-order valence-corrected chi connectivity index (χ0v) is 14.6. The number of benzene rings is 1. The van der Waals surface area contributed by atoms with Gasteiger partial charge in [0.05, 0.1) is 5.25 Å². The van der Waals surface area contributed by atoms with Crippen LogP contribution in [0.4, 0.5) is 0 Å². The number of nitrogens with zero attached hydrogens (tertiary/aromatic N) is 2. The smallest absolute Gasteiger partial charge is 0.236 e. The fourth-order valence-corrected chi connectivity index (χ4v) is 5.30. The van der Waals surface area contributed by atoms with Gasteiger partial charge in [-0.05, 0) is 29.5 Å². The third-order valence-electron chi connectivity index (χ3n) is 4.57. The number of carbonyl (C=O) groups is 1. The standard InChI is InChI=1S/C18H20N2OS2/c21-18(17-12-14-4-1-2-6-16(14)23-17)20-9-7-19(8-10-20)13-15-5-3-11-22-15/h1-6,11,17H,7-10,12-13H2/t17-/m1/s1. The molecule has 23 heavy (non-hydrogen) atoms. The minimum Gasteiger partial charge on any atom is -0.339 e. The van der Waals surface area contributed by atoms with E-state index in [1.54, 1.807) is 11.8 Å².